The van der Waals surface area contributed by atoms with Gasteiger partial charge >= 0.3 is 0 Å². The van der Waals surface area contributed by atoms with E-state index in [0.717, 1.165) is 5.57 Å². The molecular formula is C19H11ClFN5O. The standard InChI is InChI=1S/C19H11ClFN5O/c20-13-5-4-12-11(8-14(27)24-16(12)15(13)21)9-26-18(10-2-1-3-10)25-17-19(26)23-7-6-22-17/h1-8H,9H2,(H,24,27). The van der Waals surface area contributed by atoms with Gasteiger partial charge in [0, 0.05) is 29.4 Å². The fourth-order valence-corrected chi connectivity index (χ4v) is 3.36. The van der Waals surface area contributed by atoms with Crippen LogP contribution >= 0.6 is 11.6 Å². The van der Waals surface area contributed by atoms with Gasteiger partial charge in [-0.25, -0.2) is 19.3 Å². The lowest BCUT2D eigenvalue weighted by Gasteiger charge is -2.13. The maximum absolute atomic E-state index is 14.4. The zero-order chi connectivity index (χ0) is 18.5. The highest BCUT2D eigenvalue weighted by Crippen LogP contribution is 2.28. The minimum atomic E-state index is -0.645. The van der Waals surface area contributed by atoms with Crippen LogP contribution in [0.25, 0.3) is 27.8 Å². The number of nitrogens with one attached hydrogen (secondary N) is 1. The Hall–Kier alpha value is -3.32. The maximum Gasteiger partial charge on any atom is 0.248 e. The summed E-state index contributed by atoms with van der Waals surface area (Å²) in [6.45, 7) is 0.289. The highest BCUT2D eigenvalue weighted by molar-refractivity contribution is 6.31. The first kappa shape index (κ1) is 15.9. The van der Waals surface area contributed by atoms with E-state index in [4.69, 9.17) is 11.6 Å². The molecule has 0 radical (unpaired) electrons. The summed E-state index contributed by atoms with van der Waals surface area (Å²) in [5, 5.41) is 0.533. The molecule has 0 fully saturated rings. The molecule has 0 amide bonds. The number of H-pyrrole nitrogens is 1. The average Bonchev–Trinajstić information content (AvgIpc) is 2.95. The highest BCUT2D eigenvalue weighted by atomic mass is 35.5. The molecule has 0 saturated heterocycles. The van der Waals surface area contributed by atoms with Gasteiger partial charge in [-0.3, -0.25) is 4.79 Å². The van der Waals surface area contributed by atoms with Gasteiger partial charge in [-0.05, 0) is 11.6 Å². The van der Waals surface area contributed by atoms with Gasteiger partial charge in [0.25, 0.3) is 0 Å². The van der Waals surface area contributed by atoms with Crippen LogP contribution in [0.2, 0.25) is 5.02 Å². The van der Waals surface area contributed by atoms with Crippen molar-refractivity contribution < 1.29 is 4.39 Å². The average molecular weight is 380 g/mol. The minimum absolute atomic E-state index is 0.0419. The van der Waals surface area contributed by atoms with E-state index in [0.29, 0.717) is 28.1 Å². The minimum Gasteiger partial charge on any atom is -0.319 e. The molecule has 3 heterocycles. The summed E-state index contributed by atoms with van der Waals surface area (Å²) in [7, 11) is 0. The molecule has 0 bridgehead atoms. The molecule has 0 aliphatic heterocycles. The molecule has 27 heavy (non-hydrogen) atoms. The molecule has 6 nitrogen and oxygen atoms in total. The smallest absolute Gasteiger partial charge is 0.248 e. The number of aromatic amines is 1. The van der Waals surface area contributed by atoms with E-state index in [1.165, 1.54) is 12.1 Å². The van der Waals surface area contributed by atoms with Crippen LogP contribution in [0.5, 0.6) is 0 Å². The van der Waals surface area contributed by atoms with Crippen molar-refractivity contribution in [3.63, 3.8) is 0 Å². The van der Waals surface area contributed by atoms with E-state index in [2.05, 4.69) is 19.9 Å². The zero-order valence-electron chi connectivity index (χ0n) is 13.8. The van der Waals surface area contributed by atoms with E-state index in [-0.39, 0.29) is 17.1 Å². The molecule has 0 saturated carbocycles. The first-order valence-electron chi connectivity index (χ1n) is 8.18. The molecule has 1 aliphatic carbocycles. The van der Waals surface area contributed by atoms with Gasteiger partial charge in [-0.1, -0.05) is 35.9 Å². The Labute approximate surface area is 156 Å². The van der Waals surface area contributed by atoms with Crippen molar-refractivity contribution in [1.82, 2.24) is 24.5 Å². The Morgan fingerprint density at radius 3 is 2.81 bits per heavy atom. The fourth-order valence-electron chi connectivity index (χ4n) is 3.20. The number of benzene rings is 1. The lowest BCUT2D eigenvalue weighted by atomic mass is 10.1. The first-order valence-corrected chi connectivity index (χ1v) is 8.55. The van der Waals surface area contributed by atoms with Crippen LogP contribution in [0, 0.1) is 5.82 Å². The van der Waals surface area contributed by atoms with Crippen LogP contribution in [0.15, 0.2) is 53.6 Å². The van der Waals surface area contributed by atoms with Crippen LogP contribution < -0.4 is 5.56 Å². The highest BCUT2D eigenvalue weighted by Gasteiger charge is 2.19. The molecule has 1 aromatic carbocycles. The summed E-state index contributed by atoms with van der Waals surface area (Å²) >= 11 is 5.86. The van der Waals surface area contributed by atoms with Crippen molar-refractivity contribution in [3.8, 4) is 0 Å². The first-order chi connectivity index (χ1) is 13.1. The summed E-state index contributed by atoms with van der Waals surface area (Å²) in [5.41, 5.74) is 2.37. The summed E-state index contributed by atoms with van der Waals surface area (Å²) in [6, 6.07) is 4.62. The Morgan fingerprint density at radius 2 is 2.04 bits per heavy atom. The van der Waals surface area contributed by atoms with Crippen molar-refractivity contribution in [2.75, 3.05) is 0 Å². The van der Waals surface area contributed by atoms with Gasteiger partial charge in [-0.2, -0.15) is 0 Å². The summed E-state index contributed by atoms with van der Waals surface area (Å²) < 4.78 is 16.3. The lowest BCUT2D eigenvalue weighted by Crippen LogP contribution is -2.12. The predicted octanol–water partition coefficient (Wildman–Crippen LogP) is 3.46. The molecule has 0 spiro atoms. The second-order valence-electron chi connectivity index (χ2n) is 6.15. The summed E-state index contributed by atoms with van der Waals surface area (Å²) in [4.78, 5) is 27.8. The largest absolute Gasteiger partial charge is 0.319 e. The summed E-state index contributed by atoms with van der Waals surface area (Å²) in [6.07, 6.45) is 8.96. The van der Waals surface area contributed by atoms with Gasteiger partial charge in [0.2, 0.25) is 5.56 Å². The van der Waals surface area contributed by atoms with Gasteiger partial charge < -0.3 is 9.55 Å². The number of aromatic nitrogens is 5. The SMILES string of the molecule is O=c1cc(Cn2c(C3=CC=C3)nc3nccnc32)c2ccc(Cl)c(F)c2[nH]1. The van der Waals surface area contributed by atoms with Crippen LogP contribution in [0.4, 0.5) is 4.39 Å². The quantitative estimate of drug-likeness (QED) is 0.591. The number of hydrogen-bond acceptors (Lipinski definition) is 4. The van der Waals surface area contributed by atoms with E-state index in [1.54, 1.807) is 18.5 Å². The fraction of sp³-hybridized carbons (Fsp3) is 0.0526. The van der Waals surface area contributed by atoms with Gasteiger partial charge in [0.1, 0.15) is 5.82 Å². The van der Waals surface area contributed by atoms with Crippen LogP contribution in [0.1, 0.15) is 11.4 Å². The van der Waals surface area contributed by atoms with Gasteiger partial charge in [0.05, 0.1) is 17.1 Å². The Kier molecular flexibility index (Phi) is 3.45. The number of imidazole rings is 1. The van der Waals surface area contributed by atoms with E-state index < -0.39 is 11.4 Å². The molecule has 8 heteroatoms. The Bertz CT molecular complexity index is 1350. The number of halogens is 2. The van der Waals surface area contributed by atoms with E-state index in [9.17, 15) is 9.18 Å². The monoisotopic (exact) mass is 379 g/mol. The molecule has 0 unspecified atom stereocenters. The van der Waals surface area contributed by atoms with Crippen molar-refractivity contribution >= 4 is 39.4 Å². The third-order valence-corrected chi connectivity index (χ3v) is 4.81. The van der Waals surface area contributed by atoms with Crippen molar-refractivity contribution in [2.45, 2.75) is 6.54 Å². The van der Waals surface area contributed by atoms with E-state index >= 15 is 0 Å². The zero-order valence-corrected chi connectivity index (χ0v) is 14.5. The normalized spacial score (nSPS) is 13.2. The number of allylic oxidation sites excluding steroid dienone is 4. The number of nitrogens with zero attached hydrogens (tertiary/aromatic N) is 4. The number of hydrogen-bond donors (Lipinski definition) is 1. The molecular weight excluding hydrogens is 369 g/mol. The van der Waals surface area contributed by atoms with Crippen molar-refractivity contribution in [3.05, 3.63) is 81.4 Å². The van der Waals surface area contributed by atoms with Crippen LogP contribution in [0.3, 0.4) is 0 Å². The van der Waals surface area contributed by atoms with Crippen molar-refractivity contribution in [2.24, 2.45) is 0 Å². The second kappa shape index (κ2) is 5.85. The molecule has 1 aliphatic rings. The molecule has 132 valence electrons. The predicted molar refractivity (Wildman–Crippen MR) is 101 cm³/mol. The molecule has 1 N–H and O–H groups in total. The topological polar surface area (TPSA) is 76.5 Å². The molecule has 4 aromatic rings. The molecule has 5 rings (SSSR count). The second-order valence-corrected chi connectivity index (χ2v) is 6.56. The third kappa shape index (κ3) is 2.47. The van der Waals surface area contributed by atoms with Gasteiger partial charge in [0.15, 0.2) is 17.1 Å². The number of rotatable bonds is 3. The van der Waals surface area contributed by atoms with E-state index in [1.807, 2.05) is 22.8 Å². The molecule has 3 aromatic heterocycles. The number of fused-ring (bicyclic) bond motifs is 2. The lowest BCUT2D eigenvalue weighted by molar-refractivity contribution is 0.636. The van der Waals surface area contributed by atoms with Crippen LogP contribution in [-0.4, -0.2) is 24.5 Å². The van der Waals surface area contributed by atoms with Crippen LogP contribution in [-0.2, 0) is 6.54 Å². The maximum atomic E-state index is 14.4. The van der Waals surface area contributed by atoms with Crippen molar-refractivity contribution in [1.29, 1.82) is 0 Å². The van der Waals surface area contributed by atoms with Gasteiger partial charge in [-0.15, -0.1) is 0 Å². The Balaban J connectivity index is 1.75. The Morgan fingerprint density at radius 1 is 1.22 bits per heavy atom. The summed E-state index contributed by atoms with van der Waals surface area (Å²) in [5.74, 6) is 0.0508. The number of pyridine rings is 1. The molecule has 0 atom stereocenters. The third-order valence-electron chi connectivity index (χ3n) is 4.52.